The molecule has 7 heteroatoms. The third-order valence-corrected chi connectivity index (χ3v) is 4.75. The number of amides is 1. The number of hydrogen-bond acceptors (Lipinski definition) is 6. The summed E-state index contributed by atoms with van der Waals surface area (Å²) < 4.78 is 16.9. The second kappa shape index (κ2) is 9.68. The summed E-state index contributed by atoms with van der Waals surface area (Å²) in [4.78, 5) is 30.4. The van der Waals surface area contributed by atoms with Gasteiger partial charge in [-0.2, -0.15) is 0 Å². The summed E-state index contributed by atoms with van der Waals surface area (Å²) in [5.41, 5.74) is 3.79. The van der Waals surface area contributed by atoms with Gasteiger partial charge in [0.2, 0.25) is 5.90 Å². The highest BCUT2D eigenvalue weighted by molar-refractivity contribution is 6.13. The number of hydrogen-bond donors (Lipinski definition) is 0. The largest absolute Gasteiger partial charge is 0.490 e. The number of cyclic esters (lactones) is 1. The molecule has 0 N–H and O–H groups in total. The lowest BCUT2D eigenvalue weighted by molar-refractivity contribution is -0.135. The Morgan fingerprint density at radius 1 is 1.12 bits per heavy atom. The Bertz CT molecular complexity index is 1080. The van der Waals surface area contributed by atoms with Crippen molar-refractivity contribution in [1.29, 1.82) is 0 Å². The average molecular weight is 437 g/mol. The summed E-state index contributed by atoms with van der Waals surface area (Å²) in [5.74, 6) is 0.549. The van der Waals surface area contributed by atoms with Crippen molar-refractivity contribution in [1.82, 2.24) is 4.90 Å². The molecule has 2 aromatic carbocycles. The van der Waals surface area contributed by atoms with Crippen LogP contribution in [0, 0.1) is 13.8 Å². The lowest BCUT2D eigenvalue weighted by atomic mass is 10.1. The van der Waals surface area contributed by atoms with Crippen LogP contribution in [0.25, 0.3) is 6.08 Å². The molecule has 7 nitrogen and oxygen atoms in total. The Hall–Kier alpha value is -3.61. The summed E-state index contributed by atoms with van der Waals surface area (Å²) in [6, 6.07) is 11.1. The van der Waals surface area contributed by atoms with Crippen LogP contribution in [-0.2, 0) is 14.3 Å². The predicted octanol–water partition coefficient (Wildman–Crippen LogP) is 3.90. The fourth-order valence-corrected chi connectivity index (χ4v) is 3.37. The van der Waals surface area contributed by atoms with Crippen LogP contribution in [0.1, 0.15) is 36.1 Å². The average Bonchev–Trinajstić information content (AvgIpc) is 3.09. The van der Waals surface area contributed by atoms with E-state index in [1.165, 1.54) is 4.90 Å². The second-order valence-electron chi connectivity index (χ2n) is 7.84. The molecule has 1 amide bonds. The summed E-state index contributed by atoms with van der Waals surface area (Å²) in [5, 5.41) is 0. The summed E-state index contributed by atoms with van der Waals surface area (Å²) >= 11 is 0. The van der Waals surface area contributed by atoms with Crippen LogP contribution in [0.3, 0.4) is 0 Å². The standard InChI is InChI=1S/C25H28N2O5/c1-7-30-22-14-18(8-9-21(22)31-17(4)24(28)27(5)6)13-20-25(29)32-23(26-20)19-11-15(2)10-16(3)12-19/h8-14,17H,7H2,1-6H3/b20-13-. The molecule has 3 rings (SSSR count). The van der Waals surface area contributed by atoms with Crippen molar-refractivity contribution in [3.63, 3.8) is 0 Å². The second-order valence-corrected chi connectivity index (χ2v) is 7.84. The zero-order valence-corrected chi connectivity index (χ0v) is 19.3. The monoisotopic (exact) mass is 436 g/mol. The van der Waals surface area contributed by atoms with Crippen LogP contribution in [-0.4, -0.2) is 49.5 Å². The number of rotatable bonds is 7. The van der Waals surface area contributed by atoms with E-state index in [1.54, 1.807) is 45.3 Å². The van der Waals surface area contributed by atoms with Gasteiger partial charge in [0.05, 0.1) is 6.61 Å². The quantitative estimate of drug-likeness (QED) is 0.486. The molecule has 0 spiro atoms. The van der Waals surface area contributed by atoms with E-state index >= 15 is 0 Å². The van der Waals surface area contributed by atoms with E-state index in [0.717, 1.165) is 16.7 Å². The van der Waals surface area contributed by atoms with E-state index in [0.29, 0.717) is 23.7 Å². The van der Waals surface area contributed by atoms with E-state index in [4.69, 9.17) is 14.2 Å². The maximum Gasteiger partial charge on any atom is 0.363 e. The minimum absolute atomic E-state index is 0.152. The molecule has 168 valence electrons. The van der Waals surface area contributed by atoms with Gasteiger partial charge in [0, 0.05) is 19.7 Å². The molecule has 0 radical (unpaired) electrons. The minimum atomic E-state index is -0.664. The predicted molar refractivity (Wildman–Crippen MR) is 123 cm³/mol. The fourth-order valence-electron chi connectivity index (χ4n) is 3.37. The van der Waals surface area contributed by atoms with Crippen molar-refractivity contribution in [2.45, 2.75) is 33.8 Å². The van der Waals surface area contributed by atoms with Gasteiger partial charge in [0.1, 0.15) is 0 Å². The first kappa shape index (κ1) is 23.1. The van der Waals surface area contributed by atoms with E-state index in [9.17, 15) is 9.59 Å². The zero-order valence-electron chi connectivity index (χ0n) is 19.3. The van der Waals surface area contributed by atoms with Crippen molar-refractivity contribution in [3.05, 3.63) is 64.3 Å². The van der Waals surface area contributed by atoms with Crippen LogP contribution < -0.4 is 9.47 Å². The lowest BCUT2D eigenvalue weighted by Crippen LogP contribution is -2.35. The van der Waals surface area contributed by atoms with Gasteiger partial charge in [0.25, 0.3) is 5.91 Å². The lowest BCUT2D eigenvalue weighted by Gasteiger charge is -2.20. The van der Waals surface area contributed by atoms with Gasteiger partial charge in [-0.3, -0.25) is 4.79 Å². The van der Waals surface area contributed by atoms with Gasteiger partial charge in [-0.05, 0) is 63.6 Å². The molecule has 0 fully saturated rings. The minimum Gasteiger partial charge on any atom is -0.490 e. The number of esters is 1. The summed E-state index contributed by atoms with van der Waals surface area (Å²) in [6.07, 6.45) is 0.974. The molecule has 2 aromatic rings. The van der Waals surface area contributed by atoms with Gasteiger partial charge in [-0.25, -0.2) is 9.79 Å². The van der Waals surface area contributed by atoms with Gasteiger partial charge in [-0.15, -0.1) is 0 Å². The first-order valence-corrected chi connectivity index (χ1v) is 10.4. The number of benzene rings is 2. The van der Waals surface area contributed by atoms with Crippen molar-refractivity contribution in [2.75, 3.05) is 20.7 Å². The normalized spacial score (nSPS) is 15.2. The molecule has 1 heterocycles. The Labute approximate surface area is 188 Å². The molecular formula is C25H28N2O5. The van der Waals surface area contributed by atoms with Crippen molar-refractivity contribution >= 4 is 23.9 Å². The van der Waals surface area contributed by atoms with Gasteiger partial charge in [-0.1, -0.05) is 23.3 Å². The Balaban J connectivity index is 1.89. The molecule has 1 aliphatic rings. The highest BCUT2D eigenvalue weighted by Crippen LogP contribution is 2.31. The first-order valence-electron chi connectivity index (χ1n) is 10.4. The molecule has 1 unspecified atom stereocenters. The van der Waals surface area contributed by atoms with Crippen molar-refractivity contribution in [3.8, 4) is 11.5 Å². The van der Waals surface area contributed by atoms with E-state index in [2.05, 4.69) is 4.99 Å². The summed E-state index contributed by atoms with van der Waals surface area (Å²) in [6.45, 7) is 7.93. The smallest absolute Gasteiger partial charge is 0.363 e. The van der Waals surface area contributed by atoms with Gasteiger partial charge in [0.15, 0.2) is 23.3 Å². The topological polar surface area (TPSA) is 77.4 Å². The molecule has 1 atom stereocenters. The number of aliphatic imine (C=N–C) groups is 1. The van der Waals surface area contributed by atoms with Gasteiger partial charge < -0.3 is 19.1 Å². The van der Waals surface area contributed by atoms with E-state index in [1.807, 2.05) is 39.0 Å². The van der Waals surface area contributed by atoms with Crippen LogP contribution >= 0.6 is 0 Å². The number of ether oxygens (including phenoxy) is 3. The number of carbonyl (C=O) groups is 2. The Kier molecular flexibility index (Phi) is 6.98. The van der Waals surface area contributed by atoms with Crippen molar-refractivity contribution in [2.24, 2.45) is 4.99 Å². The molecule has 0 saturated heterocycles. The zero-order chi connectivity index (χ0) is 23.4. The molecule has 0 saturated carbocycles. The van der Waals surface area contributed by atoms with Crippen LogP contribution in [0.4, 0.5) is 0 Å². The highest BCUT2D eigenvalue weighted by Gasteiger charge is 2.25. The third kappa shape index (κ3) is 5.35. The summed E-state index contributed by atoms with van der Waals surface area (Å²) in [7, 11) is 3.35. The first-order chi connectivity index (χ1) is 15.2. The third-order valence-electron chi connectivity index (χ3n) is 4.75. The van der Waals surface area contributed by atoms with Crippen LogP contribution in [0.2, 0.25) is 0 Å². The van der Waals surface area contributed by atoms with Gasteiger partial charge >= 0.3 is 5.97 Å². The molecular weight excluding hydrogens is 408 g/mol. The number of carbonyl (C=O) groups excluding carboxylic acids is 2. The molecule has 1 aliphatic heterocycles. The SMILES string of the molecule is CCOc1cc(/C=C2\N=C(c3cc(C)cc(C)c3)OC2=O)ccc1OC(C)C(=O)N(C)C. The van der Waals surface area contributed by atoms with E-state index < -0.39 is 12.1 Å². The maximum atomic E-state index is 12.4. The Morgan fingerprint density at radius 2 is 1.81 bits per heavy atom. The van der Waals surface area contributed by atoms with E-state index in [-0.39, 0.29) is 17.5 Å². The Morgan fingerprint density at radius 3 is 2.44 bits per heavy atom. The van der Waals surface area contributed by atoms with Crippen molar-refractivity contribution < 1.29 is 23.8 Å². The van der Waals surface area contributed by atoms with Crippen LogP contribution in [0.15, 0.2) is 47.1 Å². The fraction of sp³-hybridized carbons (Fsp3) is 0.320. The molecule has 0 bridgehead atoms. The number of nitrogens with zero attached hydrogens (tertiary/aromatic N) is 2. The maximum absolute atomic E-state index is 12.4. The van der Waals surface area contributed by atoms with Crippen LogP contribution in [0.5, 0.6) is 11.5 Å². The number of aryl methyl sites for hydroxylation is 2. The molecule has 32 heavy (non-hydrogen) atoms. The molecule has 0 aromatic heterocycles. The number of likely N-dealkylation sites (N-methyl/N-ethyl adjacent to an activating group) is 1. The highest BCUT2D eigenvalue weighted by atomic mass is 16.6. The molecule has 0 aliphatic carbocycles.